The van der Waals surface area contributed by atoms with Gasteiger partial charge in [0.05, 0.1) is 5.39 Å². The second kappa shape index (κ2) is 9.65. The van der Waals surface area contributed by atoms with E-state index in [1.165, 1.54) is 0 Å². The minimum atomic E-state index is -0.531. The molecule has 1 aliphatic heterocycles. The van der Waals surface area contributed by atoms with Gasteiger partial charge in [-0.1, -0.05) is 32.0 Å². The monoisotopic (exact) mass is 451 g/mol. The average molecular weight is 452 g/mol. The van der Waals surface area contributed by atoms with Gasteiger partial charge in [-0.25, -0.2) is 9.97 Å². The third-order valence-corrected chi connectivity index (χ3v) is 6.65. The van der Waals surface area contributed by atoms with Crippen molar-refractivity contribution < 1.29 is 9.59 Å². The van der Waals surface area contributed by atoms with Gasteiger partial charge in [0.25, 0.3) is 5.91 Å². The van der Waals surface area contributed by atoms with Crippen LogP contribution >= 0.6 is 11.3 Å². The van der Waals surface area contributed by atoms with Crippen LogP contribution in [0.4, 0.5) is 5.82 Å². The normalized spacial score (nSPS) is 15.2. The number of aromatic nitrogens is 2. The number of hydrogen-bond donors (Lipinski definition) is 1. The number of nitrogens with zero attached hydrogens (tertiary/aromatic N) is 4. The Morgan fingerprint density at radius 2 is 1.84 bits per heavy atom. The van der Waals surface area contributed by atoms with E-state index in [-0.39, 0.29) is 17.7 Å². The van der Waals surface area contributed by atoms with Crippen LogP contribution in [0.2, 0.25) is 0 Å². The van der Waals surface area contributed by atoms with E-state index in [9.17, 15) is 9.59 Å². The lowest BCUT2D eigenvalue weighted by molar-refractivity contribution is -0.134. The Balaban J connectivity index is 1.43. The number of carbonyl (C=O) groups excluding carboxylic acids is 2. The van der Waals surface area contributed by atoms with Gasteiger partial charge in [0, 0.05) is 31.7 Å². The van der Waals surface area contributed by atoms with E-state index in [1.54, 1.807) is 23.7 Å². The van der Waals surface area contributed by atoms with Gasteiger partial charge < -0.3 is 15.1 Å². The van der Waals surface area contributed by atoms with Gasteiger partial charge in [-0.15, -0.1) is 11.3 Å². The van der Waals surface area contributed by atoms with Gasteiger partial charge in [-0.2, -0.15) is 0 Å². The van der Waals surface area contributed by atoms with Crippen molar-refractivity contribution in [1.82, 2.24) is 20.2 Å². The van der Waals surface area contributed by atoms with Gasteiger partial charge in [-0.3, -0.25) is 9.59 Å². The van der Waals surface area contributed by atoms with Gasteiger partial charge in [0.1, 0.15) is 23.0 Å². The lowest BCUT2D eigenvalue weighted by atomic mass is 10.0. The summed E-state index contributed by atoms with van der Waals surface area (Å²) >= 11 is 1.60. The summed E-state index contributed by atoms with van der Waals surface area (Å²) in [5.74, 6) is 1.01. The van der Waals surface area contributed by atoms with Crippen molar-refractivity contribution in [1.29, 1.82) is 0 Å². The maximum atomic E-state index is 13.4. The molecule has 1 atom stereocenters. The van der Waals surface area contributed by atoms with Gasteiger partial charge >= 0.3 is 0 Å². The molecule has 2 amide bonds. The molecule has 2 aromatic heterocycles. The number of rotatable bonds is 6. The highest BCUT2D eigenvalue weighted by Crippen LogP contribution is 2.27. The van der Waals surface area contributed by atoms with Crippen molar-refractivity contribution in [2.24, 2.45) is 5.92 Å². The molecule has 32 heavy (non-hydrogen) atoms. The predicted octanol–water partition coefficient (Wildman–Crippen LogP) is 3.49. The van der Waals surface area contributed by atoms with Crippen LogP contribution in [0, 0.1) is 12.8 Å². The second-order valence-electron chi connectivity index (χ2n) is 8.62. The summed E-state index contributed by atoms with van der Waals surface area (Å²) < 4.78 is 0. The summed E-state index contributed by atoms with van der Waals surface area (Å²) in [4.78, 5) is 40.1. The van der Waals surface area contributed by atoms with Crippen LogP contribution in [0.5, 0.6) is 0 Å². The topological polar surface area (TPSA) is 78.4 Å². The predicted molar refractivity (Wildman–Crippen MR) is 128 cm³/mol. The molecule has 7 nitrogen and oxygen atoms in total. The molecule has 1 unspecified atom stereocenters. The van der Waals surface area contributed by atoms with Crippen LogP contribution in [0.3, 0.4) is 0 Å². The lowest BCUT2D eigenvalue weighted by Crippen LogP contribution is -2.55. The smallest absolute Gasteiger partial charge is 0.252 e. The number of thiophene rings is 1. The van der Waals surface area contributed by atoms with E-state index in [1.807, 2.05) is 41.5 Å². The van der Waals surface area contributed by atoms with Crippen LogP contribution in [0.15, 0.2) is 42.0 Å². The number of benzene rings is 1. The summed E-state index contributed by atoms with van der Waals surface area (Å²) in [6, 6.07) is 8.98. The summed E-state index contributed by atoms with van der Waals surface area (Å²) in [7, 11) is 0. The lowest BCUT2D eigenvalue weighted by Gasteiger charge is -2.37. The molecule has 8 heteroatoms. The van der Waals surface area contributed by atoms with Crippen LogP contribution in [0.1, 0.15) is 36.2 Å². The number of nitrogens with one attached hydrogen (secondary N) is 1. The summed E-state index contributed by atoms with van der Waals surface area (Å²) in [6.45, 7) is 8.65. The van der Waals surface area contributed by atoms with Gasteiger partial charge in [0.15, 0.2) is 0 Å². The van der Waals surface area contributed by atoms with Crippen molar-refractivity contribution in [2.45, 2.75) is 33.2 Å². The fourth-order valence-corrected chi connectivity index (χ4v) is 4.87. The van der Waals surface area contributed by atoms with Crippen LogP contribution < -0.4 is 10.2 Å². The zero-order valence-electron chi connectivity index (χ0n) is 18.7. The number of aryl methyl sites for hydroxylation is 1. The number of anilines is 1. The van der Waals surface area contributed by atoms with Gasteiger partial charge in [-0.05, 0) is 42.3 Å². The molecule has 3 aromatic rings. The molecule has 0 aliphatic carbocycles. The Morgan fingerprint density at radius 1 is 1.09 bits per heavy atom. The Labute approximate surface area is 192 Å². The van der Waals surface area contributed by atoms with Crippen molar-refractivity contribution in [2.75, 3.05) is 31.1 Å². The first kappa shape index (κ1) is 22.2. The summed E-state index contributed by atoms with van der Waals surface area (Å²) in [5.41, 5.74) is 1.52. The molecule has 3 heterocycles. The third kappa shape index (κ3) is 4.75. The molecule has 1 aromatic carbocycles. The summed E-state index contributed by atoms with van der Waals surface area (Å²) in [6.07, 6.45) is 2.21. The fourth-order valence-electron chi connectivity index (χ4n) is 4.14. The SMILES string of the molecule is Cc1ccccc1C(=O)NC(CC(C)C)C(=O)N1CCN(c2ncnc3sccc23)CC1. The molecule has 168 valence electrons. The molecule has 0 radical (unpaired) electrons. The van der Waals surface area contributed by atoms with Crippen molar-refractivity contribution in [3.05, 3.63) is 53.2 Å². The molecule has 1 saturated heterocycles. The number of amides is 2. The first-order valence-electron chi connectivity index (χ1n) is 11.0. The minimum absolute atomic E-state index is 0.0105. The molecule has 1 N–H and O–H groups in total. The average Bonchev–Trinajstić information content (AvgIpc) is 3.27. The van der Waals surface area contributed by atoms with Crippen molar-refractivity contribution in [3.8, 4) is 0 Å². The van der Waals surface area contributed by atoms with E-state index in [0.29, 0.717) is 38.2 Å². The molecular weight excluding hydrogens is 422 g/mol. The van der Waals surface area contributed by atoms with E-state index in [0.717, 1.165) is 21.6 Å². The minimum Gasteiger partial charge on any atom is -0.352 e. The highest BCUT2D eigenvalue weighted by atomic mass is 32.1. The molecule has 1 aliphatic rings. The van der Waals surface area contributed by atoms with Crippen LogP contribution in [-0.2, 0) is 4.79 Å². The third-order valence-electron chi connectivity index (χ3n) is 5.83. The fraction of sp³-hybridized carbons (Fsp3) is 0.417. The van der Waals surface area contributed by atoms with Crippen molar-refractivity contribution >= 4 is 39.2 Å². The van der Waals surface area contributed by atoms with Crippen molar-refractivity contribution in [3.63, 3.8) is 0 Å². The molecule has 4 rings (SSSR count). The zero-order chi connectivity index (χ0) is 22.7. The zero-order valence-corrected chi connectivity index (χ0v) is 19.6. The highest BCUT2D eigenvalue weighted by molar-refractivity contribution is 7.16. The Hall–Kier alpha value is -3.00. The first-order valence-corrected chi connectivity index (χ1v) is 11.9. The molecule has 0 bridgehead atoms. The Bertz CT molecular complexity index is 1100. The molecule has 0 saturated carbocycles. The summed E-state index contributed by atoms with van der Waals surface area (Å²) in [5, 5.41) is 6.08. The number of piperazine rings is 1. The molecule has 0 spiro atoms. The number of fused-ring (bicyclic) bond motifs is 1. The van der Waals surface area contributed by atoms with Crippen LogP contribution in [-0.4, -0.2) is 58.9 Å². The van der Waals surface area contributed by atoms with E-state index in [2.05, 4.69) is 34.0 Å². The van der Waals surface area contributed by atoms with E-state index in [4.69, 9.17) is 0 Å². The van der Waals surface area contributed by atoms with Gasteiger partial charge in [0.2, 0.25) is 5.91 Å². The second-order valence-corrected chi connectivity index (χ2v) is 9.51. The quantitative estimate of drug-likeness (QED) is 0.621. The van der Waals surface area contributed by atoms with E-state index < -0.39 is 6.04 Å². The Kier molecular flexibility index (Phi) is 6.69. The highest BCUT2D eigenvalue weighted by Gasteiger charge is 2.30. The Morgan fingerprint density at radius 3 is 2.56 bits per heavy atom. The largest absolute Gasteiger partial charge is 0.352 e. The van der Waals surface area contributed by atoms with Crippen LogP contribution in [0.25, 0.3) is 10.2 Å². The molecular formula is C24H29N5O2S. The molecule has 1 fully saturated rings. The maximum absolute atomic E-state index is 13.4. The maximum Gasteiger partial charge on any atom is 0.252 e. The van der Waals surface area contributed by atoms with E-state index >= 15 is 0 Å². The first-order chi connectivity index (χ1) is 15.4. The number of carbonyl (C=O) groups is 2. The standard InChI is InChI=1S/C24H29N5O2S/c1-16(2)14-20(27-22(30)18-7-5-4-6-17(18)3)24(31)29-11-9-28(10-12-29)21-19-8-13-32-23(19)26-15-25-21/h4-8,13,15-16,20H,9-12,14H2,1-3H3,(H,27,30). The number of hydrogen-bond acceptors (Lipinski definition) is 6.